The number of rotatable bonds is 3. The monoisotopic (exact) mass is 218 g/mol. The van der Waals surface area contributed by atoms with E-state index in [9.17, 15) is 0 Å². The molecule has 0 bridgehead atoms. The Morgan fingerprint density at radius 1 is 1.44 bits per heavy atom. The standard InChI is InChI=1S/C14H22N2/c1-3-11-4-7-14-12(10-11)5-6-13(8-9-15)16(14)2/h4,7,10,13H,3,5-6,8-9,15H2,1-2H3. The molecule has 2 heteroatoms. The fourth-order valence-electron chi connectivity index (χ4n) is 2.65. The summed E-state index contributed by atoms with van der Waals surface area (Å²) in [4.78, 5) is 2.41. The van der Waals surface area contributed by atoms with Gasteiger partial charge in [0.05, 0.1) is 0 Å². The van der Waals surface area contributed by atoms with Gasteiger partial charge in [-0.15, -0.1) is 0 Å². The van der Waals surface area contributed by atoms with Gasteiger partial charge in [-0.2, -0.15) is 0 Å². The van der Waals surface area contributed by atoms with Gasteiger partial charge in [0, 0.05) is 18.8 Å². The van der Waals surface area contributed by atoms with Crippen LogP contribution in [0.3, 0.4) is 0 Å². The van der Waals surface area contributed by atoms with E-state index in [-0.39, 0.29) is 0 Å². The Bertz CT molecular complexity index is 360. The lowest BCUT2D eigenvalue weighted by Crippen LogP contribution is -2.37. The quantitative estimate of drug-likeness (QED) is 0.844. The molecule has 2 nitrogen and oxygen atoms in total. The zero-order chi connectivity index (χ0) is 11.5. The van der Waals surface area contributed by atoms with Crippen molar-refractivity contribution < 1.29 is 0 Å². The van der Waals surface area contributed by atoms with Crippen LogP contribution in [-0.4, -0.2) is 19.6 Å². The van der Waals surface area contributed by atoms with Crippen LogP contribution >= 0.6 is 0 Å². The summed E-state index contributed by atoms with van der Waals surface area (Å²) in [5, 5.41) is 0. The number of hydrogen-bond donors (Lipinski definition) is 1. The highest BCUT2D eigenvalue weighted by molar-refractivity contribution is 5.57. The van der Waals surface area contributed by atoms with E-state index in [1.165, 1.54) is 29.7 Å². The fraction of sp³-hybridized carbons (Fsp3) is 0.571. The van der Waals surface area contributed by atoms with Crippen molar-refractivity contribution in [2.24, 2.45) is 5.73 Å². The molecule has 1 heterocycles. The number of nitrogens with two attached hydrogens (primary N) is 1. The van der Waals surface area contributed by atoms with E-state index < -0.39 is 0 Å². The molecule has 0 aliphatic carbocycles. The topological polar surface area (TPSA) is 29.3 Å². The van der Waals surface area contributed by atoms with Crippen LogP contribution in [0.1, 0.15) is 30.9 Å². The Labute approximate surface area is 98.4 Å². The Morgan fingerprint density at radius 2 is 2.25 bits per heavy atom. The average Bonchev–Trinajstić information content (AvgIpc) is 2.32. The van der Waals surface area contributed by atoms with E-state index in [2.05, 4.69) is 37.1 Å². The van der Waals surface area contributed by atoms with Gasteiger partial charge in [0.1, 0.15) is 0 Å². The lowest BCUT2D eigenvalue weighted by atomic mass is 9.93. The van der Waals surface area contributed by atoms with Gasteiger partial charge in [-0.05, 0) is 49.4 Å². The summed E-state index contributed by atoms with van der Waals surface area (Å²) in [5.41, 5.74) is 10.0. The maximum Gasteiger partial charge on any atom is 0.0398 e. The van der Waals surface area contributed by atoms with E-state index in [1.807, 2.05) is 0 Å². The van der Waals surface area contributed by atoms with Gasteiger partial charge < -0.3 is 10.6 Å². The first-order valence-corrected chi connectivity index (χ1v) is 6.31. The number of aryl methyl sites for hydroxylation is 2. The molecule has 16 heavy (non-hydrogen) atoms. The summed E-state index contributed by atoms with van der Waals surface area (Å²) in [5.74, 6) is 0. The van der Waals surface area contributed by atoms with Gasteiger partial charge in [-0.25, -0.2) is 0 Å². The zero-order valence-electron chi connectivity index (χ0n) is 10.4. The van der Waals surface area contributed by atoms with Crippen molar-refractivity contribution in [3.63, 3.8) is 0 Å². The molecule has 2 rings (SSSR count). The second-order valence-corrected chi connectivity index (χ2v) is 4.70. The lowest BCUT2D eigenvalue weighted by molar-refractivity contribution is 0.527. The van der Waals surface area contributed by atoms with Gasteiger partial charge in [0.25, 0.3) is 0 Å². The van der Waals surface area contributed by atoms with Crippen molar-refractivity contribution in [3.05, 3.63) is 29.3 Å². The van der Waals surface area contributed by atoms with Crippen LogP contribution in [0.5, 0.6) is 0 Å². The normalized spacial score (nSPS) is 19.7. The Morgan fingerprint density at radius 3 is 2.94 bits per heavy atom. The smallest absolute Gasteiger partial charge is 0.0398 e. The molecule has 1 aliphatic heterocycles. The first kappa shape index (κ1) is 11.5. The summed E-state index contributed by atoms with van der Waals surface area (Å²) in [7, 11) is 2.20. The average molecular weight is 218 g/mol. The Kier molecular flexibility index (Phi) is 3.49. The van der Waals surface area contributed by atoms with E-state index >= 15 is 0 Å². The minimum atomic E-state index is 0.630. The van der Waals surface area contributed by atoms with E-state index in [0.717, 1.165) is 19.4 Å². The van der Waals surface area contributed by atoms with Gasteiger partial charge in [0.2, 0.25) is 0 Å². The van der Waals surface area contributed by atoms with Crippen molar-refractivity contribution in [2.45, 2.75) is 38.6 Å². The third kappa shape index (κ3) is 2.07. The minimum Gasteiger partial charge on any atom is -0.371 e. The predicted octanol–water partition coefficient (Wildman–Crippen LogP) is 2.35. The summed E-state index contributed by atoms with van der Waals surface area (Å²) in [6.45, 7) is 3.00. The van der Waals surface area contributed by atoms with Crippen molar-refractivity contribution >= 4 is 5.69 Å². The highest BCUT2D eigenvalue weighted by Crippen LogP contribution is 2.31. The molecule has 1 unspecified atom stereocenters. The number of hydrogen-bond acceptors (Lipinski definition) is 2. The maximum atomic E-state index is 5.66. The molecule has 0 spiro atoms. The second kappa shape index (κ2) is 4.88. The maximum absolute atomic E-state index is 5.66. The first-order valence-electron chi connectivity index (χ1n) is 6.31. The molecule has 88 valence electrons. The number of benzene rings is 1. The SMILES string of the molecule is CCc1ccc2c(c1)CCC(CCN)N2C. The molecule has 1 atom stereocenters. The summed E-state index contributed by atoms with van der Waals surface area (Å²) < 4.78 is 0. The molecule has 1 aromatic rings. The van der Waals surface area contributed by atoms with Crippen LogP contribution in [0, 0.1) is 0 Å². The van der Waals surface area contributed by atoms with E-state index in [4.69, 9.17) is 5.73 Å². The molecule has 0 saturated heterocycles. The third-order valence-electron chi connectivity index (χ3n) is 3.73. The second-order valence-electron chi connectivity index (χ2n) is 4.70. The number of nitrogens with zero attached hydrogens (tertiary/aromatic N) is 1. The summed E-state index contributed by atoms with van der Waals surface area (Å²) >= 11 is 0. The molecule has 0 saturated carbocycles. The van der Waals surface area contributed by atoms with Gasteiger partial charge in [-0.1, -0.05) is 19.1 Å². The van der Waals surface area contributed by atoms with Crippen molar-refractivity contribution in [1.29, 1.82) is 0 Å². The Hall–Kier alpha value is -1.02. The van der Waals surface area contributed by atoms with Gasteiger partial charge in [-0.3, -0.25) is 0 Å². The molecule has 1 aliphatic rings. The molecule has 2 N–H and O–H groups in total. The van der Waals surface area contributed by atoms with Crippen molar-refractivity contribution in [1.82, 2.24) is 0 Å². The first-order chi connectivity index (χ1) is 7.76. The molecular weight excluding hydrogens is 196 g/mol. The molecule has 0 radical (unpaired) electrons. The number of fused-ring (bicyclic) bond motifs is 1. The highest BCUT2D eigenvalue weighted by Gasteiger charge is 2.22. The third-order valence-corrected chi connectivity index (χ3v) is 3.73. The highest BCUT2D eigenvalue weighted by atomic mass is 15.1. The minimum absolute atomic E-state index is 0.630. The summed E-state index contributed by atoms with van der Waals surface area (Å²) in [6.07, 6.45) is 4.68. The van der Waals surface area contributed by atoms with E-state index in [0.29, 0.717) is 6.04 Å². The van der Waals surface area contributed by atoms with Crippen LogP contribution in [0.15, 0.2) is 18.2 Å². The molecule has 0 amide bonds. The van der Waals surface area contributed by atoms with Crippen molar-refractivity contribution in [2.75, 3.05) is 18.5 Å². The Balaban J connectivity index is 2.24. The molecule has 0 fully saturated rings. The van der Waals surface area contributed by atoms with E-state index in [1.54, 1.807) is 0 Å². The fourth-order valence-corrected chi connectivity index (χ4v) is 2.65. The molecule has 0 aromatic heterocycles. The van der Waals surface area contributed by atoms with Gasteiger partial charge >= 0.3 is 0 Å². The predicted molar refractivity (Wildman–Crippen MR) is 70.0 cm³/mol. The zero-order valence-corrected chi connectivity index (χ0v) is 10.4. The van der Waals surface area contributed by atoms with Crippen LogP contribution in [0.25, 0.3) is 0 Å². The largest absolute Gasteiger partial charge is 0.371 e. The van der Waals surface area contributed by atoms with Crippen LogP contribution in [0.4, 0.5) is 5.69 Å². The lowest BCUT2D eigenvalue weighted by Gasteiger charge is -2.36. The van der Waals surface area contributed by atoms with Gasteiger partial charge in [0.15, 0.2) is 0 Å². The number of anilines is 1. The molecule has 1 aromatic carbocycles. The van der Waals surface area contributed by atoms with Crippen LogP contribution in [0.2, 0.25) is 0 Å². The van der Waals surface area contributed by atoms with Crippen LogP contribution in [-0.2, 0) is 12.8 Å². The molecular formula is C14H22N2. The van der Waals surface area contributed by atoms with Crippen molar-refractivity contribution in [3.8, 4) is 0 Å². The summed E-state index contributed by atoms with van der Waals surface area (Å²) in [6, 6.07) is 7.52. The van der Waals surface area contributed by atoms with Crippen LogP contribution < -0.4 is 10.6 Å².